The van der Waals surface area contributed by atoms with E-state index < -0.39 is 7.60 Å². The van der Waals surface area contributed by atoms with E-state index in [9.17, 15) is 4.57 Å². The Bertz CT molecular complexity index is 453. The molecule has 18 heavy (non-hydrogen) atoms. The van der Waals surface area contributed by atoms with Crippen molar-refractivity contribution in [3.8, 4) is 0 Å². The molecule has 0 bridgehead atoms. The third kappa shape index (κ3) is 2.61. The van der Waals surface area contributed by atoms with Gasteiger partial charge in [-0.3, -0.25) is 4.57 Å². The van der Waals surface area contributed by atoms with Gasteiger partial charge in [0.1, 0.15) is 5.78 Å². The summed E-state index contributed by atoms with van der Waals surface area (Å²) in [4.78, 5) is 2.08. The lowest BCUT2D eigenvalue weighted by Gasteiger charge is -2.17. The monoisotopic (exact) mass is 269 g/mol. The zero-order valence-electron chi connectivity index (χ0n) is 11.1. The summed E-state index contributed by atoms with van der Waals surface area (Å²) in [5.74, 6) is -0.126. The van der Waals surface area contributed by atoms with Gasteiger partial charge in [0.15, 0.2) is 0 Å². The summed E-state index contributed by atoms with van der Waals surface area (Å²) in [6.45, 7) is 7.29. The minimum absolute atomic E-state index is 0.126. The lowest BCUT2D eigenvalue weighted by molar-refractivity contribution is 0.219. The number of hydrogen-bond acceptors (Lipinski definition) is 4. The number of rotatable bonds is 6. The van der Waals surface area contributed by atoms with E-state index in [0.717, 1.165) is 12.2 Å². The molecule has 2 rings (SSSR count). The number of benzene rings is 1. The number of aryl methyl sites for hydroxylation is 1. The van der Waals surface area contributed by atoms with E-state index in [1.165, 1.54) is 5.56 Å². The lowest BCUT2D eigenvalue weighted by Crippen LogP contribution is -2.07. The van der Waals surface area contributed by atoms with Crippen molar-refractivity contribution in [3.05, 3.63) is 29.8 Å². The number of anilines is 1. The van der Waals surface area contributed by atoms with Crippen molar-refractivity contribution in [3.63, 3.8) is 0 Å². The molecule has 100 valence electrons. The highest BCUT2D eigenvalue weighted by Gasteiger charge is 2.51. The van der Waals surface area contributed by atoms with E-state index >= 15 is 0 Å². The lowest BCUT2D eigenvalue weighted by atomic mass is 10.2. The minimum atomic E-state index is -3.00. The molecule has 0 saturated carbocycles. The molecule has 1 aromatic carbocycles. The summed E-state index contributed by atoms with van der Waals surface area (Å²) in [5.41, 5.74) is 2.29. The topological polar surface area (TPSA) is 38.5 Å². The van der Waals surface area contributed by atoms with Crippen LogP contribution in [0.25, 0.3) is 0 Å². The molecule has 1 aliphatic heterocycles. The second kappa shape index (κ2) is 5.43. The molecule has 0 amide bonds. The van der Waals surface area contributed by atoms with Crippen LogP contribution in [0, 0.1) is 6.92 Å². The normalized spacial score (nSPS) is 19.1. The molecule has 0 N–H and O–H groups in total. The van der Waals surface area contributed by atoms with Crippen molar-refractivity contribution in [2.24, 2.45) is 0 Å². The maximum absolute atomic E-state index is 12.6. The molecular weight excluding hydrogens is 249 g/mol. The van der Waals surface area contributed by atoms with E-state index in [2.05, 4.69) is 17.9 Å². The van der Waals surface area contributed by atoms with Crippen molar-refractivity contribution >= 4 is 13.3 Å². The molecular formula is C13H20NO3P. The first-order chi connectivity index (χ1) is 8.62. The van der Waals surface area contributed by atoms with Gasteiger partial charge in [0.2, 0.25) is 0 Å². The molecule has 1 fully saturated rings. The first-order valence-electron chi connectivity index (χ1n) is 6.33. The van der Waals surface area contributed by atoms with E-state index in [1.807, 2.05) is 32.0 Å². The van der Waals surface area contributed by atoms with Crippen molar-refractivity contribution in [2.45, 2.75) is 26.6 Å². The molecule has 0 radical (unpaired) electrons. The van der Waals surface area contributed by atoms with Crippen LogP contribution >= 0.6 is 7.60 Å². The van der Waals surface area contributed by atoms with Gasteiger partial charge in [-0.25, -0.2) is 0 Å². The number of hydrogen-bond donors (Lipinski definition) is 0. The highest BCUT2D eigenvalue weighted by atomic mass is 31.2. The molecule has 1 atom stereocenters. The van der Waals surface area contributed by atoms with Gasteiger partial charge in [-0.2, -0.15) is 0 Å². The Morgan fingerprint density at radius 3 is 2.44 bits per heavy atom. The molecule has 0 aromatic heterocycles. The Morgan fingerprint density at radius 1 is 1.28 bits per heavy atom. The van der Waals surface area contributed by atoms with Crippen molar-refractivity contribution < 1.29 is 13.6 Å². The quantitative estimate of drug-likeness (QED) is 0.586. The second-order valence-electron chi connectivity index (χ2n) is 4.29. The molecule has 4 nitrogen and oxygen atoms in total. The zero-order valence-corrected chi connectivity index (χ0v) is 12.0. The van der Waals surface area contributed by atoms with Gasteiger partial charge in [0, 0.05) is 5.69 Å². The van der Waals surface area contributed by atoms with Gasteiger partial charge in [0.25, 0.3) is 0 Å². The van der Waals surface area contributed by atoms with Gasteiger partial charge in [-0.15, -0.1) is 0 Å². The summed E-state index contributed by atoms with van der Waals surface area (Å²) in [6.07, 6.45) is 0. The third-order valence-corrected chi connectivity index (χ3v) is 5.40. The fourth-order valence-corrected chi connectivity index (χ4v) is 4.09. The Labute approximate surface area is 108 Å². The highest BCUT2D eigenvalue weighted by molar-refractivity contribution is 7.55. The largest absolute Gasteiger partial charge is 0.354 e. The molecule has 1 unspecified atom stereocenters. The van der Waals surface area contributed by atoms with Crippen LogP contribution in [-0.2, 0) is 13.6 Å². The summed E-state index contributed by atoms with van der Waals surface area (Å²) >= 11 is 0. The molecule has 1 saturated heterocycles. The van der Waals surface area contributed by atoms with Crippen LogP contribution in [0.15, 0.2) is 24.3 Å². The Morgan fingerprint density at radius 2 is 1.89 bits per heavy atom. The fraction of sp³-hybridized carbons (Fsp3) is 0.538. The molecule has 0 spiro atoms. The Balaban J connectivity index is 2.14. The Hall–Kier alpha value is -0.830. The van der Waals surface area contributed by atoms with Crippen LogP contribution in [0.3, 0.4) is 0 Å². The van der Waals surface area contributed by atoms with Gasteiger partial charge in [-0.1, -0.05) is 18.2 Å². The molecule has 5 heteroatoms. The SMILES string of the molecule is CCOP(=O)(OCC)C1CN1c1ccccc1C. The van der Waals surface area contributed by atoms with Crippen LogP contribution in [0.2, 0.25) is 0 Å². The van der Waals surface area contributed by atoms with Gasteiger partial charge < -0.3 is 13.9 Å². The van der Waals surface area contributed by atoms with Crippen molar-refractivity contribution in [1.82, 2.24) is 0 Å². The van der Waals surface area contributed by atoms with Gasteiger partial charge >= 0.3 is 7.60 Å². The summed E-state index contributed by atoms with van der Waals surface area (Å²) in [6, 6.07) is 8.08. The summed E-state index contributed by atoms with van der Waals surface area (Å²) in [5, 5.41) is 0. The first-order valence-corrected chi connectivity index (χ1v) is 7.94. The van der Waals surface area contributed by atoms with Crippen molar-refractivity contribution in [1.29, 1.82) is 0 Å². The van der Waals surface area contributed by atoms with E-state index in [-0.39, 0.29) is 5.78 Å². The average molecular weight is 269 g/mol. The number of nitrogens with zero attached hydrogens (tertiary/aromatic N) is 1. The van der Waals surface area contributed by atoms with E-state index in [4.69, 9.17) is 9.05 Å². The van der Waals surface area contributed by atoms with Gasteiger partial charge in [0.05, 0.1) is 19.8 Å². The maximum Gasteiger partial charge on any atom is 0.354 e. The van der Waals surface area contributed by atoms with Crippen LogP contribution in [-0.4, -0.2) is 25.5 Å². The average Bonchev–Trinajstić information content (AvgIpc) is 3.11. The standard InChI is InChI=1S/C13H20NO3P/c1-4-16-18(15,17-5-2)13-10-14(13)12-9-7-6-8-11(12)3/h6-9,13H,4-5,10H2,1-3H3. The minimum Gasteiger partial charge on any atom is -0.353 e. The molecule has 1 aliphatic rings. The highest BCUT2D eigenvalue weighted by Crippen LogP contribution is 2.60. The first kappa shape index (κ1) is 13.6. The predicted octanol–water partition coefficient (Wildman–Crippen LogP) is 3.41. The predicted molar refractivity (Wildman–Crippen MR) is 73.2 cm³/mol. The van der Waals surface area contributed by atoms with Gasteiger partial charge in [-0.05, 0) is 32.4 Å². The Kier molecular flexibility index (Phi) is 4.10. The second-order valence-corrected chi connectivity index (χ2v) is 6.49. The molecule has 1 heterocycles. The zero-order chi connectivity index (χ0) is 13.2. The molecule has 1 aromatic rings. The fourth-order valence-electron chi connectivity index (χ4n) is 2.11. The van der Waals surface area contributed by atoms with E-state index in [0.29, 0.717) is 13.2 Å². The van der Waals surface area contributed by atoms with Crippen LogP contribution < -0.4 is 4.90 Å². The number of para-hydroxylation sites is 1. The van der Waals surface area contributed by atoms with Crippen LogP contribution in [0.4, 0.5) is 5.69 Å². The molecule has 0 aliphatic carbocycles. The summed E-state index contributed by atoms with van der Waals surface area (Å²) < 4.78 is 23.3. The van der Waals surface area contributed by atoms with E-state index in [1.54, 1.807) is 0 Å². The summed E-state index contributed by atoms with van der Waals surface area (Å²) in [7, 11) is -3.00. The van der Waals surface area contributed by atoms with Crippen molar-refractivity contribution in [2.75, 3.05) is 24.7 Å². The van der Waals surface area contributed by atoms with Crippen LogP contribution in [0.5, 0.6) is 0 Å². The smallest absolute Gasteiger partial charge is 0.353 e. The van der Waals surface area contributed by atoms with Crippen LogP contribution in [0.1, 0.15) is 19.4 Å². The maximum atomic E-state index is 12.6. The third-order valence-electron chi connectivity index (χ3n) is 2.99.